The zero-order chi connectivity index (χ0) is 20.2. The Morgan fingerprint density at radius 2 is 1.78 bits per heavy atom. The van der Waals surface area contributed by atoms with E-state index in [0.29, 0.717) is 11.1 Å². The van der Waals surface area contributed by atoms with Gasteiger partial charge in [0.25, 0.3) is 0 Å². The number of likely N-dealkylation sites (N-methyl/N-ethyl adjacent to an activating group) is 1. The van der Waals surface area contributed by atoms with Crippen molar-refractivity contribution in [3.05, 3.63) is 64.7 Å². The molecule has 10 heteroatoms. The van der Waals surface area contributed by atoms with Crippen molar-refractivity contribution in [2.45, 2.75) is 17.6 Å². The molecule has 2 rings (SSSR count). The molecule has 0 aliphatic heterocycles. The maximum atomic E-state index is 12.7. The summed E-state index contributed by atoms with van der Waals surface area (Å²) >= 11 is 5.78. The molecule has 1 amide bonds. The van der Waals surface area contributed by atoms with Gasteiger partial charge in [0.1, 0.15) is 0 Å². The number of nitrogens with zero attached hydrogens (tertiary/aromatic N) is 1. The summed E-state index contributed by atoms with van der Waals surface area (Å²) in [4.78, 5) is 12.8. The Balaban J connectivity index is 2.01. The highest BCUT2D eigenvalue weighted by Crippen LogP contribution is 2.30. The van der Waals surface area contributed by atoms with Crippen molar-refractivity contribution < 1.29 is 26.4 Å². The summed E-state index contributed by atoms with van der Waals surface area (Å²) in [5.41, 5.74) is -0.299. The van der Waals surface area contributed by atoms with Crippen LogP contribution in [0.25, 0.3) is 0 Å². The summed E-state index contributed by atoms with van der Waals surface area (Å²) in [5.74, 6) is -0.541. The molecule has 27 heavy (non-hydrogen) atoms. The number of carbonyl (C=O) groups is 1. The largest absolute Gasteiger partial charge is 0.416 e. The smallest absolute Gasteiger partial charge is 0.340 e. The molecule has 2 aromatic carbocycles. The molecule has 0 saturated carbocycles. The SMILES string of the molecule is CN(Cc1ccc(Cl)cc1)C(=O)CNS(=O)(=O)c1cccc(C(F)(F)F)c1. The molecule has 146 valence electrons. The van der Waals surface area contributed by atoms with E-state index in [-0.39, 0.29) is 6.54 Å². The highest BCUT2D eigenvalue weighted by Gasteiger charge is 2.31. The molecule has 0 heterocycles. The van der Waals surface area contributed by atoms with E-state index in [2.05, 4.69) is 0 Å². The van der Waals surface area contributed by atoms with Crippen LogP contribution in [0, 0.1) is 0 Å². The maximum Gasteiger partial charge on any atom is 0.416 e. The number of benzene rings is 2. The molecular weight excluding hydrogens is 405 g/mol. The number of sulfonamides is 1. The van der Waals surface area contributed by atoms with Gasteiger partial charge in [0.2, 0.25) is 15.9 Å². The van der Waals surface area contributed by atoms with Crippen molar-refractivity contribution in [2.24, 2.45) is 0 Å². The fraction of sp³-hybridized carbons (Fsp3) is 0.235. The van der Waals surface area contributed by atoms with Gasteiger partial charge < -0.3 is 4.90 Å². The van der Waals surface area contributed by atoms with E-state index in [1.165, 1.54) is 11.9 Å². The molecule has 0 saturated heterocycles. The lowest BCUT2D eigenvalue weighted by molar-refractivity contribution is -0.137. The number of hydrogen-bond donors (Lipinski definition) is 1. The zero-order valence-corrected chi connectivity index (χ0v) is 15.7. The first kappa shape index (κ1) is 21.2. The molecule has 2 aromatic rings. The number of rotatable bonds is 6. The molecule has 0 atom stereocenters. The first-order valence-corrected chi connectivity index (χ1v) is 9.50. The van der Waals surface area contributed by atoms with Crippen LogP contribution in [0.4, 0.5) is 13.2 Å². The Morgan fingerprint density at radius 3 is 2.37 bits per heavy atom. The molecule has 0 aliphatic rings. The number of carbonyl (C=O) groups excluding carboxylic acids is 1. The molecule has 1 N–H and O–H groups in total. The Labute approximate surface area is 159 Å². The summed E-state index contributed by atoms with van der Waals surface area (Å²) in [6.07, 6.45) is -4.67. The molecule has 0 aliphatic carbocycles. The Hall–Kier alpha value is -2.10. The van der Waals surface area contributed by atoms with E-state index in [1.54, 1.807) is 24.3 Å². The molecule has 0 aromatic heterocycles. The molecular formula is C17H16ClF3N2O3S. The van der Waals surface area contributed by atoms with Gasteiger partial charge in [-0.2, -0.15) is 13.2 Å². The zero-order valence-electron chi connectivity index (χ0n) is 14.1. The lowest BCUT2D eigenvalue weighted by atomic mass is 10.2. The van der Waals surface area contributed by atoms with Crippen LogP contribution in [0.2, 0.25) is 5.02 Å². The third-order valence-corrected chi connectivity index (χ3v) is 5.29. The van der Waals surface area contributed by atoms with Crippen LogP contribution in [0.5, 0.6) is 0 Å². The van der Waals surface area contributed by atoms with Crippen molar-refractivity contribution in [3.8, 4) is 0 Å². The highest BCUT2D eigenvalue weighted by molar-refractivity contribution is 7.89. The average molecular weight is 421 g/mol. The fourth-order valence-corrected chi connectivity index (χ4v) is 3.31. The van der Waals surface area contributed by atoms with Gasteiger partial charge in [-0.05, 0) is 35.9 Å². The minimum absolute atomic E-state index is 0.224. The number of alkyl halides is 3. The second kappa shape index (κ2) is 8.28. The normalized spacial score (nSPS) is 12.0. The maximum absolute atomic E-state index is 12.7. The Morgan fingerprint density at radius 1 is 1.15 bits per heavy atom. The van der Waals surface area contributed by atoms with Gasteiger partial charge >= 0.3 is 6.18 Å². The van der Waals surface area contributed by atoms with E-state index < -0.39 is 39.1 Å². The highest BCUT2D eigenvalue weighted by atomic mass is 35.5. The fourth-order valence-electron chi connectivity index (χ4n) is 2.17. The van der Waals surface area contributed by atoms with Gasteiger partial charge in [0.15, 0.2) is 0 Å². The number of amides is 1. The van der Waals surface area contributed by atoms with E-state index in [9.17, 15) is 26.4 Å². The van der Waals surface area contributed by atoms with Gasteiger partial charge in [-0.25, -0.2) is 13.1 Å². The lowest BCUT2D eigenvalue weighted by Crippen LogP contribution is -2.37. The van der Waals surface area contributed by atoms with Crippen molar-refractivity contribution in [3.63, 3.8) is 0 Å². The Bertz CT molecular complexity index is 916. The average Bonchev–Trinajstić information content (AvgIpc) is 2.61. The van der Waals surface area contributed by atoms with Gasteiger partial charge in [-0.3, -0.25) is 4.79 Å². The molecule has 0 fully saturated rings. The van der Waals surface area contributed by atoms with Crippen molar-refractivity contribution in [1.29, 1.82) is 0 Å². The van der Waals surface area contributed by atoms with E-state index in [0.717, 1.165) is 23.8 Å². The number of hydrogen-bond acceptors (Lipinski definition) is 3. The second-order valence-corrected chi connectivity index (χ2v) is 7.93. The minimum Gasteiger partial charge on any atom is -0.340 e. The minimum atomic E-state index is -4.67. The van der Waals surface area contributed by atoms with Crippen LogP contribution >= 0.6 is 11.6 Å². The van der Waals surface area contributed by atoms with E-state index in [4.69, 9.17) is 11.6 Å². The first-order valence-electron chi connectivity index (χ1n) is 7.64. The standard InChI is InChI=1S/C17H16ClF3N2O3S/c1-23(11-12-5-7-14(18)8-6-12)16(24)10-22-27(25,26)15-4-2-3-13(9-15)17(19,20)21/h2-9,22H,10-11H2,1H3. The quantitative estimate of drug-likeness (QED) is 0.779. The summed E-state index contributed by atoms with van der Waals surface area (Å²) in [5, 5.41) is 0.543. The summed E-state index contributed by atoms with van der Waals surface area (Å²) in [6, 6.07) is 10.1. The third kappa shape index (κ3) is 5.95. The molecule has 5 nitrogen and oxygen atoms in total. The van der Waals surface area contributed by atoms with Crippen LogP contribution < -0.4 is 4.72 Å². The molecule has 0 unspecified atom stereocenters. The molecule has 0 spiro atoms. The summed E-state index contributed by atoms with van der Waals surface area (Å²) in [7, 11) is -2.78. The van der Waals surface area contributed by atoms with Crippen molar-refractivity contribution >= 4 is 27.5 Å². The predicted molar refractivity (Wildman–Crippen MR) is 94.6 cm³/mol. The number of halogens is 4. The van der Waals surface area contributed by atoms with Crippen LogP contribution in [-0.2, 0) is 27.5 Å². The van der Waals surface area contributed by atoms with Crippen LogP contribution in [-0.4, -0.2) is 32.8 Å². The van der Waals surface area contributed by atoms with Crippen molar-refractivity contribution in [1.82, 2.24) is 9.62 Å². The number of nitrogens with one attached hydrogen (secondary N) is 1. The topological polar surface area (TPSA) is 66.5 Å². The van der Waals surface area contributed by atoms with Gasteiger partial charge in [0, 0.05) is 18.6 Å². The monoisotopic (exact) mass is 420 g/mol. The summed E-state index contributed by atoms with van der Waals surface area (Å²) in [6.45, 7) is -0.357. The van der Waals surface area contributed by atoms with Gasteiger partial charge in [-0.15, -0.1) is 0 Å². The second-order valence-electron chi connectivity index (χ2n) is 5.73. The molecule has 0 radical (unpaired) electrons. The van der Waals surface area contributed by atoms with Gasteiger partial charge in [0.05, 0.1) is 17.0 Å². The Kier molecular flexibility index (Phi) is 6.50. The third-order valence-electron chi connectivity index (χ3n) is 3.64. The molecule has 0 bridgehead atoms. The van der Waals surface area contributed by atoms with E-state index >= 15 is 0 Å². The lowest BCUT2D eigenvalue weighted by Gasteiger charge is -2.18. The first-order chi connectivity index (χ1) is 12.5. The van der Waals surface area contributed by atoms with Crippen molar-refractivity contribution in [2.75, 3.05) is 13.6 Å². The van der Waals surface area contributed by atoms with Crippen LogP contribution in [0.3, 0.4) is 0 Å². The van der Waals surface area contributed by atoms with Gasteiger partial charge in [-0.1, -0.05) is 29.8 Å². The summed E-state index contributed by atoms with van der Waals surface area (Å²) < 4.78 is 64.5. The predicted octanol–water partition coefficient (Wildman–Crippen LogP) is 3.30. The van der Waals surface area contributed by atoms with Crippen LogP contribution in [0.15, 0.2) is 53.4 Å². The van der Waals surface area contributed by atoms with E-state index in [1.807, 2.05) is 4.72 Å². The van der Waals surface area contributed by atoms with Crippen LogP contribution in [0.1, 0.15) is 11.1 Å².